The Morgan fingerprint density at radius 2 is 1.57 bits per heavy atom. The highest BCUT2D eigenvalue weighted by Crippen LogP contribution is 2.24. The summed E-state index contributed by atoms with van der Waals surface area (Å²) in [5.41, 5.74) is 0.360. The van der Waals surface area contributed by atoms with Crippen molar-refractivity contribution in [3.05, 3.63) is 24.3 Å². The number of anilines is 1. The van der Waals surface area contributed by atoms with Gasteiger partial charge in [-0.25, -0.2) is 4.79 Å². The van der Waals surface area contributed by atoms with Crippen molar-refractivity contribution in [2.24, 2.45) is 0 Å². The second kappa shape index (κ2) is 6.76. The highest BCUT2D eigenvalue weighted by atomic mass is 19.4. The number of hydrogen-bond acceptors (Lipinski definition) is 3. The van der Waals surface area contributed by atoms with Crippen LogP contribution in [-0.2, 0) is 4.79 Å². The van der Waals surface area contributed by atoms with Gasteiger partial charge in [0.2, 0.25) is 5.91 Å². The quantitative estimate of drug-likeness (QED) is 0.904. The monoisotopic (exact) mass is 331 g/mol. The molecule has 126 valence electrons. The predicted molar refractivity (Wildman–Crippen MR) is 76.0 cm³/mol. The molecule has 3 amide bonds. The van der Waals surface area contributed by atoms with Crippen LogP contribution in [0.2, 0.25) is 0 Å². The first-order chi connectivity index (χ1) is 10.7. The van der Waals surface area contributed by atoms with E-state index in [2.05, 4.69) is 10.1 Å². The van der Waals surface area contributed by atoms with Crippen molar-refractivity contribution in [3.63, 3.8) is 0 Å². The van der Waals surface area contributed by atoms with E-state index in [0.29, 0.717) is 31.9 Å². The number of ether oxygens (including phenoxy) is 1. The molecule has 2 rings (SSSR count). The fraction of sp³-hybridized carbons (Fsp3) is 0.429. The first-order valence-corrected chi connectivity index (χ1v) is 6.92. The van der Waals surface area contributed by atoms with E-state index in [0.717, 1.165) is 12.1 Å². The molecule has 0 unspecified atom stereocenters. The second-order valence-electron chi connectivity index (χ2n) is 5.00. The van der Waals surface area contributed by atoms with Crippen molar-refractivity contribution in [1.29, 1.82) is 0 Å². The Labute approximate surface area is 130 Å². The molecule has 1 fully saturated rings. The molecule has 1 N–H and O–H groups in total. The highest BCUT2D eigenvalue weighted by Gasteiger charge is 2.31. The molecule has 0 bridgehead atoms. The summed E-state index contributed by atoms with van der Waals surface area (Å²) in [4.78, 5) is 26.5. The molecular formula is C14H16F3N3O3. The minimum absolute atomic E-state index is 0.0367. The SMILES string of the molecule is CC(=O)N1CCN(C(=O)Nc2ccc(OC(F)(F)F)cc2)CC1. The van der Waals surface area contributed by atoms with Crippen LogP contribution in [0.5, 0.6) is 5.75 Å². The molecule has 0 aromatic heterocycles. The maximum atomic E-state index is 12.1. The van der Waals surface area contributed by atoms with Crippen LogP contribution in [0.4, 0.5) is 23.7 Å². The van der Waals surface area contributed by atoms with Crippen LogP contribution >= 0.6 is 0 Å². The molecule has 0 spiro atoms. The van der Waals surface area contributed by atoms with Crippen molar-refractivity contribution < 1.29 is 27.5 Å². The molecule has 0 atom stereocenters. The van der Waals surface area contributed by atoms with Crippen molar-refractivity contribution in [2.45, 2.75) is 13.3 Å². The standard InChI is InChI=1S/C14H16F3N3O3/c1-10(21)19-6-8-20(9-7-19)13(22)18-11-2-4-12(5-3-11)23-14(15,16)17/h2-5H,6-9H2,1H3,(H,18,22). The van der Waals surface area contributed by atoms with Gasteiger partial charge >= 0.3 is 12.4 Å². The first kappa shape index (κ1) is 16.9. The second-order valence-corrected chi connectivity index (χ2v) is 5.00. The van der Waals surface area contributed by atoms with Gasteiger partial charge in [0.05, 0.1) is 0 Å². The number of benzene rings is 1. The lowest BCUT2D eigenvalue weighted by molar-refractivity contribution is -0.274. The number of halogens is 3. The number of nitrogens with one attached hydrogen (secondary N) is 1. The summed E-state index contributed by atoms with van der Waals surface area (Å²) in [5.74, 6) is -0.393. The first-order valence-electron chi connectivity index (χ1n) is 6.92. The third-order valence-corrected chi connectivity index (χ3v) is 3.35. The Hall–Kier alpha value is -2.45. The Kier molecular flexibility index (Phi) is 4.97. The summed E-state index contributed by atoms with van der Waals surface area (Å²) in [6.45, 7) is 3.20. The number of urea groups is 1. The van der Waals surface area contributed by atoms with Crippen LogP contribution in [0.15, 0.2) is 24.3 Å². The Bertz CT molecular complexity index is 567. The summed E-state index contributed by atoms with van der Waals surface area (Å²) < 4.78 is 39.9. The zero-order chi connectivity index (χ0) is 17.0. The van der Waals surface area contributed by atoms with Crippen molar-refractivity contribution in [2.75, 3.05) is 31.5 Å². The fourth-order valence-electron chi connectivity index (χ4n) is 2.17. The van der Waals surface area contributed by atoms with Crippen LogP contribution in [0, 0.1) is 0 Å². The number of carbonyl (C=O) groups is 2. The van der Waals surface area contributed by atoms with Gasteiger partial charge in [0.15, 0.2) is 0 Å². The lowest BCUT2D eigenvalue weighted by atomic mass is 10.3. The molecule has 1 aliphatic heterocycles. The van der Waals surface area contributed by atoms with Crippen LogP contribution in [0.1, 0.15) is 6.92 Å². The number of alkyl halides is 3. The van der Waals surface area contributed by atoms with Gasteiger partial charge in [0.25, 0.3) is 0 Å². The van der Waals surface area contributed by atoms with Crippen molar-refractivity contribution in [1.82, 2.24) is 9.80 Å². The lowest BCUT2D eigenvalue weighted by Gasteiger charge is -2.34. The zero-order valence-electron chi connectivity index (χ0n) is 12.4. The third-order valence-electron chi connectivity index (χ3n) is 3.35. The molecular weight excluding hydrogens is 315 g/mol. The minimum Gasteiger partial charge on any atom is -0.406 e. The fourth-order valence-corrected chi connectivity index (χ4v) is 2.17. The molecule has 1 aromatic rings. The number of hydrogen-bond donors (Lipinski definition) is 1. The van der Waals surface area contributed by atoms with Gasteiger partial charge in [-0.15, -0.1) is 13.2 Å². The third kappa shape index (κ3) is 5.04. The summed E-state index contributed by atoms with van der Waals surface area (Å²) in [7, 11) is 0. The molecule has 0 saturated carbocycles. The molecule has 1 aliphatic rings. The van der Waals surface area contributed by atoms with E-state index in [-0.39, 0.29) is 17.7 Å². The topological polar surface area (TPSA) is 61.9 Å². The Balaban J connectivity index is 1.87. The maximum absolute atomic E-state index is 12.1. The number of piperazine rings is 1. The average Bonchev–Trinajstić information content (AvgIpc) is 2.48. The van der Waals surface area contributed by atoms with Gasteiger partial charge in [0.1, 0.15) is 5.75 Å². The van der Waals surface area contributed by atoms with Crippen LogP contribution in [0.25, 0.3) is 0 Å². The van der Waals surface area contributed by atoms with Crippen molar-refractivity contribution in [3.8, 4) is 5.75 Å². The molecule has 0 aliphatic carbocycles. The number of amides is 3. The van der Waals surface area contributed by atoms with E-state index in [1.165, 1.54) is 19.1 Å². The molecule has 1 aromatic carbocycles. The van der Waals surface area contributed by atoms with Gasteiger partial charge in [-0.1, -0.05) is 0 Å². The van der Waals surface area contributed by atoms with Gasteiger partial charge < -0.3 is 19.9 Å². The van der Waals surface area contributed by atoms with Crippen LogP contribution < -0.4 is 10.1 Å². The molecule has 23 heavy (non-hydrogen) atoms. The van der Waals surface area contributed by atoms with Gasteiger partial charge in [0, 0.05) is 38.8 Å². The number of carbonyl (C=O) groups excluding carboxylic acids is 2. The van der Waals surface area contributed by atoms with E-state index in [4.69, 9.17) is 0 Å². The maximum Gasteiger partial charge on any atom is 0.573 e. The van der Waals surface area contributed by atoms with E-state index < -0.39 is 6.36 Å². The largest absolute Gasteiger partial charge is 0.573 e. The summed E-state index contributed by atoms with van der Waals surface area (Å²) in [6.07, 6.45) is -4.75. The van der Waals surface area contributed by atoms with E-state index >= 15 is 0 Å². The van der Waals surface area contributed by atoms with Gasteiger partial charge in [-0.05, 0) is 24.3 Å². The van der Waals surface area contributed by atoms with Crippen LogP contribution in [0.3, 0.4) is 0 Å². The Morgan fingerprint density at radius 3 is 2.04 bits per heavy atom. The molecule has 0 radical (unpaired) electrons. The van der Waals surface area contributed by atoms with Crippen LogP contribution in [-0.4, -0.2) is 54.3 Å². The minimum atomic E-state index is -4.75. The molecule has 1 saturated heterocycles. The Morgan fingerprint density at radius 1 is 1.04 bits per heavy atom. The van der Waals surface area contributed by atoms with E-state index in [1.54, 1.807) is 9.80 Å². The summed E-state index contributed by atoms with van der Waals surface area (Å²) in [6, 6.07) is 4.53. The van der Waals surface area contributed by atoms with Gasteiger partial charge in [-0.3, -0.25) is 4.79 Å². The van der Waals surface area contributed by atoms with Gasteiger partial charge in [-0.2, -0.15) is 0 Å². The predicted octanol–water partition coefficient (Wildman–Crippen LogP) is 2.28. The average molecular weight is 331 g/mol. The molecule has 6 nitrogen and oxygen atoms in total. The summed E-state index contributed by atoms with van der Waals surface area (Å²) >= 11 is 0. The van der Waals surface area contributed by atoms with E-state index in [9.17, 15) is 22.8 Å². The lowest BCUT2D eigenvalue weighted by Crippen LogP contribution is -2.51. The van der Waals surface area contributed by atoms with Crippen molar-refractivity contribution >= 4 is 17.6 Å². The molecule has 1 heterocycles. The normalized spacial score (nSPS) is 15.3. The van der Waals surface area contributed by atoms with E-state index in [1.807, 2.05) is 0 Å². The number of rotatable bonds is 2. The highest BCUT2D eigenvalue weighted by molar-refractivity contribution is 5.89. The zero-order valence-corrected chi connectivity index (χ0v) is 12.4. The summed E-state index contributed by atoms with van der Waals surface area (Å²) in [5, 5.41) is 2.59. The number of nitrogens with zero attached hydrogens (tertiary/aromatic N) is 2. The molecule has 9 heteroatoms. The smallest absolute Gasteiger partial charge is 0.406 e.